The van der Waals surface area contributed by atoms with E-state index in [0.29, 0.717) is 18.7 Å². The van der Waals surface area contributed by atoms with Crippen molar-refractivity contribution in [2.45, 2.75) is 31.5 Å². The average Bonchev–Trinajstić information content (AvgIpc) is 2.63. The normalized spacial score (nSPS) is 20.9. The first kappa shape index (κ1) is 20.4. The van der Waals surface area contributed by atoms with E-state index < -0.39 is 0 Å². The van der Waals surface area contributed by atoms with Gasteiger partial charge >= 0.3 is 0 Å². The molecule has 1 aliphatic rings. The third kappa shape index (κ3) is 5.05. The highest BCUT2D eigenvalue weighted by Crippen LogP contribution is 2.28. The fourth-order valence-electron chi connectivity index (χ4n) is 3.45. The van der Waals surface area contributed by atoms with Crippen molar-refractivity contribution in [3.63, 3.8) is 0 Å². The third-order valence-electron chi connectivity index (χ3n) is 4.92. The number of piperidine rings is 1. The second-order valence-corrected chi connectivity index (χ2v) is 7.27. The van der Waals surface area contributed by atoms with E-state index in [1.807, 2.05) is 6.07 Å². The van der Waals surface area contributed by atoms with Gasteiger partial charge in [-0.3, -0.25) is 4.90 Å². The van der Waals surface area contributed by atoms with Gasteiger partial charge in [0, 0.05) is 37.3 Å². The third-order valence-corrected chi connectivity index (χ3v) is 5.61. The molecule has 1 fully saturated rings. The van der Waals surface area contributed by atoms with Crippen LogP contribution in [0, 0.1) is 0 Å². The summed E-state index contributed by atoms with van der Waals surface area (Å²) in [6, 6.07) is 17.6. The molecular formula is C20H26BrClN2O. The van der Waals surface area contributed by atoms with E-state index in [1.54, 1.807) is 7.11 Å². The number of methoxy groups -OCH3 is 1. The molecule has 0 bridgehead atoms. The predicted octanol–water partition coefficient (Wildman–Crippen LogP) is 4.48. The van der Waals surface area contributed by atoms with Crippen LogP contribution in [0.5, 0.6) is 0 Å². The van der Waals surface area contributed by atoms with Gasteiger partial charge in [0.15, 0.2) is 0 Å². The number of nitrogens with two attached hydrogens (primary N) is 1. The van der Waals surface area contributed by atoms with Crippen molar-refractivity contribution in [3.05, 3.63) is 58.6 Å². The van der Waals surface area contributed by atoms with Crippen LogP contribution in [0.1, 0.15) is 18.4 Å². The molecule has 136 valence electrons. The number of hydrogen-bond acceptors (Lipinski definition) is 3. The van der Waals surface area contributed by atoms with Crippen molar-refractivity contribution in [1.82, 2.24) is 4.90 Å². The summed E-state index contributed by atoms with van der Waals surface area (Å²) in [5, 5.41) is 0. The predicted molar refractivity (Wildman–Crippen MR) is 110 cm³/mol. The Morgan fingerprint density at radius 3 is 2.52 bits per heavy atom. The monoisotopic (exact) mass is 424 g/mol. The molecule has 0 spiro atoms. The summed E-state index contributed by atoms with van der Waals surface area (Å²) >= 11 is 3.63. The van der Waals surface area contributed by atoms with Gasteiger partial charge in [0.05, 0.1) is 6.10 Å². The first-order valence-electron chi connectivity index (χ1n) is 8.52. The number of hydrogen-bond donors (Lipinski definition) is 1. The lowest BCUT2D eigenvalue weighted by Gasteiger charge is -2.38. The van der Waals surface area contributed by atoms with E-state index in [2.05, 4.69) is 63.3 Å². The number of rotatable bonds is 5. The standard InChI is InChI=1S/C20H25BrN2O.ClH/c1-24-18-10-11-23(17(12-18)13-22)14-15-6-8-16(9-7-15)19-4-2-3-5-20(19)21;/h2-9,17-18H,10-14,22H2,1H3;1H. The van der Waals surface area contributed by atoms with Gasteiger partial charge in [-0.15, -0.1) is 12.4 Å². The minimum atomic E-state index is 0. The first-order valence-corrected chi connectivity index (χ1v) is 9.31. The van der Waals surface area contributed by atoms with Gasteiger partial charge in [-0.05, 0) is 35.6 Å². The Labute approximate surface area is 165 Å². The summed E-state index contributed by atoms with van der Waals surface area (Å²) in [6.45, 7) is 2.69. The Balaban J connectivity index is 0.00000225. The van der Waals surface area contributed by atoms with E-state index in [4.69, 9.17) is 10.5 Å². The van der Waals surface area contributed by atoms with Crippen molar-refractivity contribution >= 4 is 28.3 Å². The van der Waals surface area contributed by atoms with Crippen molar-refractivity contribution in [2.75, 3.05) is 20.2 Å². The molecular weight excluding hydrogens is 400 g/mol. The van der Waals surface area contributed by atoms with Gasteiger partial charge in [0.1, 0.15) is 0 Å². The van der Waals surface area contributed by atoms with Crippen LogP contribution in [0.15, 0.2) is 53.0 Å². The van der Waals surface area contributed by atoms with Gasteiger partial charge < -0.3 is 10.5 Å². The lowest BCUT2D eigenvalue weighted by molar-refractivity contribution is 0.0102. The van der Waals surface area contributed by atoms with Crippen molar-refractivity contribution < 1.29 is 4.74 Å². The van der Waals surface area contributed by atoms with Crippen LogP contribution in [0.25, 0.3) is 11.1 Å². The number of nitrogens with zero attached hydrogens (tertiary/aromatic N) is 1. The van der Waals surface area contributed by atoms with Gasteiger partial charge in [0.25, 0.3) is 0 Å². The zero-order valence-electron chi connectivity index (χ0n) is 14.5. The van der Waals surface area contributed by atoms with Crippen LogP contribution < -0.4 is 5.73 Å². The number of benzene rings is 2. The fraction of sp³-hybridized carbons (Fsp3) is 0.400. The van der Waals surface area contributed by atoms with Crippen molar-refractivity contribution in [2.24, 2.45) is 5.73 Å². The van der Waals surface area contributed by atoms with Crippen LogP contribution in [0.4, 0.5) is 0 Å². The summed E-state index contributed by atoms with van der Waals surface area (Å²) in [4.78, 5) is 2.49. The number of ether oxygens (including phenoxy) is 1. The summed E-state index contributed by atoms with van der Waals surface area (Å²) in [5.74, 6) is 0. The van der Waals surface area contributed by atoms with E-state index in [9.17, 15) is 0 Å². The first-order chi connectivity index (χ1) is 11.7. The lowest BCUT2D eigenvalue weighted by atomic mass is 9.98. The van der Waals surface area contributed by atoms with Crippen molar-refractivity contribution in [1.29, 1.82) is 0 Å². The number of halogens is 2. The van der Waals surface area contributed by atoms with Crippen LogP contribution >= 0.6 is 28.3 Å². The second-order valence-electron chi connectivity index (χ2n) is 6.42. The van der Waals surface area contributed by atoms with E-state index in [1.165, 1.54) is 16.7 Å². The van der Waals surface area contributed by atoms with Gasteiger partial charge in [-0.2, -0.15) is 0 Å². The molecule has 0 radical (unpaired) electrons. The van der Waals surface area contributed by atoms with E-state index >= 15 is 0 Å². The van der Waals surface area contributed by atoms with Crippen LogP contribution in [-0.2, 0) is 11.3 Å². The molecule has 0 aromatic heterocycles. The van der Waals surface area contributed by atoms with E-state index in [-0.39, 0.29) is 12.4 Å². The molecule has 0 amide bonds. The summed E-state index contributed by atoms with van der Waals surface area (Å²) in [5.41, 5.74) is 9.77. The summed E-state index contributed by atoms with van der Waals surface area (Å²) in [6.07, 6.45) is 2.47. The Bertz CT molecular complexity index is 665. The molecule has 0 saturated carbocycles. The number of likely N-dealkylation sites (tertiary alicyclic amines) is 1. The maximum atomic E-state index is 5.98. The Kier molecular flexibility index (Phi) is 7.91. The molecule has 2 aromatic carbocycles. The molecule has 2 unspecified atom stereocenters. The average molecular weight is 426 g/mol. The molecule has 3 rings (SSSR count). The largest absolute Gasteiger partial charge is 0.381 e. The minimum absolute atomic E-state index is 0. The smallest absolute Gasteiger partial charge is 0.0599 e. The maximum absolute atomic E-state index is 5.98. The molecule has 2 aromatic rings. The van der Waals surface area contributed by atoms with Crippen LogP contribution in [0.3, 0.4) is 0 Å². The quantitative estimate of drug-likeness (QED) is 0.768. The molecule has 1 heterocycles. The fourth-order valence-corrected chi connectivity index (χ4v) is 3.96. The lowest BCUT2D eigenvalue weighted by Crippen LogP contribution is -2.47. The molecule has 3 nitrogen and oxygen atoms in total. The molecule has 0 aliphatic carbocycles. The molecule has 5 heteroatoms. The molecule has 25 heavy (non-hydrogen) atoms. The Morgan fingerprint density at radius 1 is 1.16 bits per heavy atom. The molecule has 1 aliphatic heterocycles. The zero-order chi connectivity index (χ0) is 16.9. The highest BCUT2D eigenvalue weighted by molar-refractivity contribution is 9.10. The Hall–Kier alpha value is -0.910. The maximum Gasteiger partial charge on any atom is 0.0599 e. The SMILES string of the molecule is COC1CCN(Cc2ccc(-c3ccccc3Br)cc2)C(CN)C1.Cl. The molecule has 2 N–H and O–H groups in total. The summed E-state index contributed by atoms with van der Waals surface area (Å²) < 4.78 is 6.64. The van der Waals surface area contributed by atoms with Gasteiger partial charge in [-0.1, -0.05) is 58.4 Å². The van der Waals surface area contributed by atoms with Gasteiger partial charge in [-0.25, -0.2) is 0 Å². The summed E-state index contributed by atoms with van der Waals surface area (Å²) in [7, 11) is 1.80. The van der Waals surface area contributed by atoms with Crippen LogP contribution in [0.2, 0.25) is 0 Å². The van der Waals surface area contributed by atoms with E-state index in [0.717, 1.165) is 30.4 Å². The van der Waals surface area contributed by atoms with Crippen LogP contribution in [-0.4, -0.2) is 37.2 Å². The minimum Gasteiger partial charge on any atom is -0.381 e. The zero-order valence-corrected chi connectivity index (χ0v) is 16.9. The Morgan fingerprint density at radius 2 is 1.88 bits per heavy atom. The highest BCUT2D eigenvalue weighted by atomic mass is 79.9. The second kappa shape index (κ2) is 9.70. The topological polar surface area (TPSA) is 38.5 Å². The highest BCUT2D eigenvalue weighted by Gasteiger charge is 2.27. The molecule has 2 atom stereocenters. The van der Waals surface area contributed by atoms with Crippen molar-refractivity contribution in [3.8, 4) is 11.1 Å². The van der Waals surface area contributed by atoms with Gasteiger partial charge in [0.2, 0.25) is 0 Å². The molecule has 1 saturated heterocycles.